The topological polar surface area (TPSA) is 68.2 Å². The maximum atomic E-state index is 10.6. The molecule has 2 aromatic carbocycles. The molecule has 1 heterocycles. The van der Waals surface area contributed by atoms with Crippen molar-refractivity contribution in [1.82, 2.24) is 0 Å². The number of rotatable bonds is 2. The maximum Gasteiger partial charge on any atom is 0.231 e. The molecule has 0 saturated carbocycles. The number of fused-ring (bicyclic) bond motifs is 2. The van der Waals surface area contributed by atoms with Crippen LogP contribution in [0.3, 0.4) is 0 Å². The van der Waals surface area contributed by atoms with Crippen LogP contribution in [0.5, 0.6) is 17.2 Å². The lowest BCUT2D eigenvalue weighted by atomic mass is 9.75. The van der Waals surface area contributed by atoms with Gasteiger partial charge in [0, 0.05) is 12.3 Å². The number of hydrogen-bond donors (Lipinski definition) is 2. The van der Waals surface area contributed by atoms with E-state index in [0.29, 0.717) is 17.9 Å². The fraction of sp³-hybridized carbons (Fsp3) is 0.333. The molecule has 0 spiro atoms. The molecule has 0 aromatic heterocycles. The van der Waals surface area contributed by atoms with Crippen molar-refractivity contribution < 1.29 is 24.4 Å². The van der Waals surface area contributed by atoms with Gasteiger partial charge in [0.05, 0.1) is 19.3 Å². The summed E-state index contributed by atoms with van der Waals surface area (Å²) in [5.74, 6) is 1.83. The van der Waals surface area contributed by atoms with Crippen LogP contribution in [0.1, 0.15) is 22.6 Å². The Hall–Kier alpha value is -2.24. The number of ether oxygens (including phenoxy) is 3. The first-order chi connectivity index (χ1) is 11.2. The van der Waals surface area contributed by atoms with Gasteiger partial charge in [-0.15, -0.1) is 0 Å². The van der Waals surface area contributed by atoms with E-state index in [1.807, 2.05) is 36.4 Å². The lowest BCUT2D eigenvalue weighted by molar-refractivity contribution is 0.00326. The SMILES string of the molecule is COc1ccc(C2c3cc4c(cc3CC(O)C2O)OCO4)cc1. The first-order valence-corrected chi connectivity index (χ1v) is 7.60. The maximum absolute atomic E-state index is 10.6. The molecular weight excluding hydrogens is 296 g/mol. The first-order valence-electron chi connectivity index (χ1n) is 7.60. The van der Waals surface area contributed by atoms with Crippen LogP contribution >= 0.6 is 0 Å². The van der Waals surface area contributed by atoms with E-state index in [9.17, 15) is 10.2 Å². The highest BCUT2D eigenvalue weighted by Gasteiger charge is 2.37. The van der Waals surface area contributed by atoms with Gasteiger partial charge in [-0.3, -0.25) is 0 Å². The molecule has 0 saturated heterocycles. The minimum Gasteiger partial charge on any atom is -0.497 e. The molecule has 2 aliphatic rings. The van der Waals surface area contributed by atoms with Gasteiger partial charge < -0.3 is 24.4 Å². The third-order valence-corrected chi connectivity index (χ3v) is 4.61. The summed E-state index contributed by atoms with van der Waals surface area (Å²) in [4.78, 5) is 0. The Kier molecular flexibility index (Phi) is 3.39. The average molecular weight is 314 g/mol. The summed E-state index contributed by atoms with van der Waals surface area (Å²) < 4.78 is 16.1. The number of aliphatic hydroxyl groups is 2. The van der Waals surface area contributed by atoms with Gasteiger partial charge in [-0.25, -0.2) is 0 Å². The van der Waals surface area contributed by atoms with Crippen molar-refractivity contribution in [2.75, 3.05) is 13.9 Å². The summed E-state index contributed by atoms with van der Waals surface area (Å²) >= 11 is 0. The van der Waals surface area contributed by atoms with Crippen LogP contribution in [-0.2, 0) is 6.42 Å². The van der Waals surface area contributed by atoms with E-state index in [1.165, 1.54) is 0 Å². The predicted octanol–water partition coefficient (Wildman–Crippen LogP) is 1.83. The van der Waals surface area contributed by atoms with Gasteiger partial charge in [-0.2, -0.15) is 0 Å². The molecule has 0 bridgehead atoms. The Bertz CT molecular complexity index is 725. The van der Waals surface area contributed by atoms with E-state index in [2.05, 4.69) is 0 Å². The molecule has 0 fully saturated rings. The zero-order valence-corrected chi connectivity index (χ0v) is 12.7. The number of hydrogen-bond acceptors (Lipinski definition) is 5. The van der Waals surface area contributed by atoms with Crippen LogP contribution in [0.2, 0.25) is 0 Å². The van der Waals surface area contributed by atoms with Crippen molar-refractivity contribution >= 4 is 0 Å². The van der Waals surface area contributed by atoms with Crippen molar-refractivity contribution in [2.45, 2.75) is 24.5 Å². The quantitative estimate of drug-likeness (QED) is 0.885. The molecule has 1 aliphatic carbocycles. The molecule has 0 radical (unpaired) electrons. The van der Waals surface area contributed by atoms with Gasteiger partial charge in [0.2, 0.25) is 6.79 Å². The Morgan fingerprint density at radius 3 is 2.43 bits per heavy atom. The summed E-state index contributed by atoms with van der Waals surface area (Å²) in [6.07, 6.45) is -1.27. The Labute approximate surface area is 134 Å². The molecule has 3 atom stereocenters. The zero-order valence-electron chi connectivity index (χ0n) is 12.7. The minimum atomic E-state index is -0.865. The van der Waals surface area contributed by atoms with Crippen molar-refractivity contribution in [3.8, 4) is 17.2 Å². The van der Waals surface area contributed by atoms with E-state index in [4.69, 9.17) is 14.2 Å². The fourth-order valence-corrected chi connectivity index (χ4v) is 3.41. The molecular formula is C18H18O5. The lowest BCUT2D eigenvalue weighted by Crippen LogP contribution is -2.38. The van der Waals surface area contributed by atoms with Crippen molar-refractivity contribution in [2.24, 2.45) is 0 Å². The summed E-state index contributed by atoms with van der Waals surface area (Å²) in [6, 6.07) is 11.4. The van der Waals surface area contributed by atoms with Crippen LogP contribution in [0.15, 0.2) is 36.4 Å². The standard InChI is InChI=1S/C18H18O5/c1-21-12-4-2-10(3-5-12)17-13-8-16-15(22-9-23-16)7-11(13)6-14(19)18(17)20/h2-5,7-8,14,17-20H,6,9H2,1H3. The lowest BCUT2D eigenvalue weighted by Gasteiger charge is -2.34. The Morgan fingerprint density at radius 2 is 1.74 bits per heavy atom. The summed E-state index contributed by atoms with van der Waals surface area (Å²) in [7, 11) is 1.62. The van der Waals surface area contributed by atoms with Crippen LogP contribution < -0.4 is 14.2 Å². The van der Waals surface area contributed by atoms with Crippen molar-refractivity contribution in [3.05, 3.63) is 53.1 Å². The van der Waals surface area contributed by atoms with Crippen LogP contribution in [-0.4, -0.2) is 36.3 Å². The normalized spacial score (nSPS) is 25.1. The van der Waals surface area contributed by atoms with Gasteiger partial charge in [-0.1, -0.05) is 12.1 Å². The van der Waals surface area contributed by atoms with Gasteiger partial charge in [0.1, 0.15) is 5.75 Å². The van der Waals surface area contributed by atoms with Crippen molar-refractivity contribution in [3.63, 3.8) is 0 Å². The Balaban J connectivity index is 1.82. The molecule has 3 unspecified atom stereocenters. The predicted molar refractivity (Wildman–Crippen MR) is 83.1 cm³/mol. The van der Waals surface area contributed by atoms with E-state index in [1.54, 1.807) is 7.11 Å². The molecule has 2 aromatic rings. The molecule has 5 nitrogen and oxygen atoms in total. The smallest absolute Gasteiger partial charge is 0.231 e. The van der Waals surface area contributed by atoms with E-state index in [-0.39, 0.29) is 12.7 Å². The fourth-order valence-electron chi connectivity index (χ4n) is 3.41. The van der Waals surface area contributed by atoms with Crippen LogP contribution in [0, 0.1) is 0 Å². The number of methoxy groups -OCH3 is 1. The van der Waals surface area contributed by atoms with Crippen molar-refractivity contribution in [1.29, 1.82) is 0 Å². The largest absolute Gasteiger partial charge is 0.497 e. The summed E-state index contributed by atoms with van der Waals surface area (Å²) in [6.45, 7) is 0.205. The summed E-state index contributed by atoms with van der Waals surface area (Å²) in [5.41, 5.74) is 2.88. The van der Waals surface area contributed by atoms with Gasteiger partial charge >= 0.3 is 0 Å². The molecule has 0 amide bonds. The second-order valence-corrected chi connectivity index (χ2v) is 5.92. The monoisotopic (exact) mass is 314 g/mol. The second kappa shape index (κ2) is 5.44. The van der Waals surface area contributed by atoms with Crippen LogP contribution in [0.4, 0.5) is 0 Å². The Morgan fingerprint density at radius 1 is 1.04 bits per heavy atom. The summed E-state index contributed by atoms with van der Waals surface area (Å²) in [5, 5.41) is 20.8. The van der Waals surface area contributed by atoms with Crippen LogP contribution in [0.25, 0.3) is 0 Å². The highest BCUT2D eigenvalue weighted by molar-refractivity contribution is 5.54. The minimum absolute atomic E-state index is 0.205. The second-order valence-electron chi connectivity index (χ2n) is 5.92. The van der Waals surface area contributed by atoms with E-state index in [0.717, 1.165) is 22.4 Å². The average Bonchev–Trinajstić information content (AvgIpc) is 3.02. The number of aliphatic hydroxyl groups excluding tert-OH is 2. The highest BCUT2D eigenvalue weighted by atomic mass is 16.7. The highest BCUT2D eigenvalue weighted by Crippen LogP contribution is 2.44. The van der Waals surface area contributed by atoms with Gasteiger partial charge in [0.15, 0.2) is 11.5 Å². The molecule has 1 aliphatic heterocycles. The van der Waals surface area contributed by atoms with Gasteiger partial charge in [-0.05, 0) is 41.0 Å². The van der Waals surface area contributed by atoms with E-state index < -0.39 is 12.2 Å². The molecule has 23 heavy (non-hydrogen) atoms. The molecule has 5 heteroatoms. The number of benzene rings is 2. The molecule has 2 N–H and O–H groups in total. The first kappa shape index (κ1) is 14.4. The zero-order chi connectivity index (χ0) is 16.0. The third-order valence-electron chi connectivity index (χ3n) is 4.61. The van der Waals surface area contributed by atoms with E-state index >= 15 is 0 Å². The third kappa shape index (κ3) is 2.33. The van der Waals surface area contributed by atoms with Gasteiger partial charge in [0.25, 0.3) is 0 Å². The molecule has 120 valence electrons. The molecule has 4 rings (SSSR count).